The summed E-state index contributed by atoms with van der Waals surface area (Å²) in [5.41, 5.74) is 6.58. The molecule has 0 radical (unpaired) electrons. The molecule has 0 aliphatic rings. The van der Waals surface area contributed by atoms with Gasteiger partial charge in [0, 0.05) is 0 Å². The normalized spacial score (nSPS) is 10.4. The van der Waals surface area contributed by atoms with E-state index >= 15 is 0 Å². The van der Waals surface area contributed by atoms with Crippen LogP contribution in [-0.4, -0.2) is 7.85 Å². The van der Waals surface area contributed by atoms with Crippen LogP contribution in [0.3, 0.4) is 0 Å². The van der Waals surface area contributed by atoms with Crippen molar-refractivity contribution in [2.75, 3.05) is 0 Å². The number of benzene rings is 3. The van der Waals surface area contributed by atoms with Crippen LogP contribution in [0.4, 0.5) is 0 Å². The Labute approximate surface area is 121 Å². The molecule has 0 atom stereocenters. The highest BCUT2D eigenvalue weighted by Crippen LogP contribution is 2.28. The van der Waals surface area contributed by atoms with Crippen molar-refractivity contribution < 1.29 is 0 Å². The standard InChI is InChI=1S/C19H17B/c20-14-18-9-4-5-12-19(18)17-11-6-10-16(13-17)15-7-2-1-3-8-15/h1-13H,14,20H2. The van der Waals surface area contributed by atoms with Crippen molar-refractivity contribution in [2.45, 2.75) is 6.32 Å². The van der Waals surface area contributed by atoms with E-state index in [1.165, 1.54) is 27.8 Å². The molecule has 0 unspecified atom stereocenters. The molecular formula is C19H17B. The second kappa shape index (κ2) is 5.79. The maximum atomic E-state index is 2.28. The molecule has 0 saturated heterocycles. The predicted octanol–water partition coefficient (Wildman–Crippen LogP) is 4.15. The van der Waals surface area contributed by atoms with E-state index in [1.807, 2.05) is 0 Å². The fourth-order valence-electron chi connectivity index (χ4n) is 2.61. The van der Waals surface area contributed by atoms with Gasteiger partial charge < -0.3 is 0 Å². The summed E-state index contributed by atoms with van der Waals surface area (Å²) in [7, 11) is 2.21. The Balaban J connectivity index is 2.08. The van der Waals surface area contributed by atoms with Gasteiger partial charge in [0.05, 0.1) is 0 Å². The summed E-state index contributed by atoms with van der Waals surface area (Å²) in [5.74, 6) is 0. The molecule has 0 aliphatic heterocycles. The van der Waals surface area contributed by atoms with Crippen LogP contribution in [0.15, 0.2) is 78.9 Å². The van der Waals surface area contributed by atoms with Gasteiger partial charge in [-0.3, -0.25) is 0 Å². The first-order valence-electron chi connectivity index (χ1n) is 7.12. The molecule has 20 heavy (non-hydrogen) atoms. The van der Waals surface area contributed by atoms with Crippen LogP contribution in [0.1, 0.15) is 5.56 Å². The SMILES string of the molecule is BCc1ccccc1-c1cccc(-c2ccccc2)c1. The van der Waals surface area contributed by atoms with Crippen LogP contribution in [0, 0.1) is 0 Å². The van der Waals surface area contributed by atoms with Crippen molar-refractivity contribution in [3.05, 3.63) is 84.4 Å². The predicted molar refractivity (Wildman–Crippen MR) is 89.6 cm³/mol. The molecule has 0 fully saturated rings. The second-order valence-corrected chi connectivity index (χ2v) is 4.96. The Kier molecular flexibility index (Phi) is 3.69. The zero-order chi connectivity index (χ0) is 13.8. The van der Waals surface area contributed by atoms with Crippen LogP contribution in [-0.2, 0) is 6.32 Å². The molecule has 0 N–H and O–H groups in total. The monoisotopic (exact) mass is 256 g/mol. The van der Waals surface area contributed by atoms with Crippen LogP contribution in [0.5, 0.6) is 0 Å². The topological polar surface area (TPSA) is 0 Å². The molecule has 1 heteroatoms. The summed E-state index contributed by atoms with van der Waals surface area (Å²) in [6, 6.07) is 28.0. The van der Waals surface area contributed by atoms with Crippen LogP contribution < -0.4 is 0 Å². The molecule has 0 aromatic heterocycles. The summed E-state index contributed by atoms with van der Waals surface area (Å²) in [5, 5.41) is 0. The van der Waals surface area contributed by atoms with Gasteiger partial charge in [0.1, 0.15) is 7.85 Å². The highest BCUT2D eigenvalue weighted by atomic mass is 14.1. The Bertz CT molecular complexity index is 702. The molecular weight excluding hydrogens is 239 g/mol. The molecule has 0 amide bonds. The largest absolute Gasteiger partial charge is 0.107 e. The highest BCUT2D eigenvalue weighted by Gasteiger charge is 2.04. The van der Waals surface area contributed by atoms with Gasteiger partial charge in [0.2, 0.25) is 0 Å². The first-order valence-corrected chi connectivity index (χ1v) is 7.12. The maximum Gasteiger partial charge on any atom is 0.107 e. The van der Waals surface area contributed by atoms with E-state index in [0.717, 1.165) is 6.32 Å². The van der Waals surface area contributed by atoms with Gasteiger partial charge >= 0.3 is 0 Å². The van der Waals surface area contributed by atoms with E-state index in [2.05, 4.69) is 86.7 Å². The first-order chi connectivity index (χ1) is 9.88. The summed E-state index contributed by atoms with van der Waals surface area (Å²) < 4.78 is 0. The molecule has 3 rings (SSSR count). The number of rotatable bonds is 3. The average molecular weight is 256 g/mol. The fourth-order valence-corrected chi connectivity index (χ4v) is 2.61. The third-order valence-electron chi connectivity index (χ3n) is 3.68. The van der Waals surface area contributed by atoms with Crippen LogP contribution in [0.2, 0.25) is 0 Å². The highest BCUT2D eigenvalue weighted by molar-refractivity contribution is 6.09. The van der Waals surface area contributed by atoms with E-state index in [4.69, 9.17) is 0 Å². The Hall–Kier alpha value is -2.28. The zero-order valence-corrected chi connectivity index (χ0v) is 11.7. The fraction of sp³-hybridized carbons (Fsp3) is 0.0526. The van der Waals surface area contributed by atoms with Gasteiger partial charge in [-0.05, 0) is 33.9 Å². The number of hydrogen-bond donors (Lipinski definition) is 0. The summed E-state index contributed by atoms with van der Waals surface area (Å²) >= 11 is 0. The van der Waals surface area contributed by atoms with Crippen LogP contribution >= 0.6 is 0 Å². The molecule has 0 heterocycles. The molecule has 3 aromatic carbocycles. The molecule has 0 spiro atoms. The van der Waals surface area contributed by atoms with Crippen molar-refractivity contribution in [3.63, 3.8) is 0 Å². The lowest BCUT2D eigenvalue weighted by Gasteiger charge is -2.10. The Morgan fingerprint density at radius 3 is 2.05 bits per heavy atom. The minimum atomic E-state index is 1.06. The summed E-state index contributed by atoms with van der Waals surface area (Å²) in [6.07, 6.45) is 1.06. The Morgan fingerprint density at radius 2 is 1.25 bits per heavy atom. The van der Waals surface area contributed by atoms with E-state index < -0.39 is 0 Å². The van der Waals surface area contributed by atoms with Crippen molar-refractivity contribution >= 4 is 7.85 Å². The van der Waals surface area contributed by atoms with E-state index in [1.54, 1.807) is 0 Å². The zero-order valence-electron chi connectivity index (χ0n) is 11.7. The van der Waals surface area contributed by atoms with Crippen molar-refractivity contribution in [3.8, 4) is 22.3 Å². The van der Waals surface area contributed by atoms with Gasteiger partial charge in [-0.15, -0.1) is 0 Å². The molecule has 0 saturated carbocycles. The van der Waals surface area contributed by atoms with Gasteiger partial charge in [0.25, 0.3) is 0 Å². The lowest BCUT2D eigenvalue weighted by molar-refractivity contribution is 1.39. The third-order valence-corrected chi connectivity index (χ3v) is 3.68. The number of hydrogen-bond acceptors (Lipinski definition) is 0. The molecule has 96 valence electrons. The smallest absolute Gasteiger partial charge is 0.0622 e. The molecule has 0 aliphatic carbocycles. The molecule has 0 bridgehead atoms. The van der Waals surface area contributed by atoms with Gasteiger partial charge in [-0.25, -0.2) is 0 Å². The third kappa shape index (κ3) is 2.53. The van der Waals surface area contributed by atoms with Crippen LogP contribution in [0.25, 0.3) is 22.3 Å². The minimum Gasteiger partial charge on any atom is -0.0622 e. The van der Waals surface area contributed by atoms with E-state index in [9.17, 15) is 0 Å². The quantitative estimate of drug-likeness (QED) is 0.617. The second-order valence-electron chi connectivity index (χ2n) is 4.96. The summed E-state index contributed by atoms with van der Waals surface area (Å²) in [4.78, 5) is 0. The first kappa shape index (κ1) is 12.7. The van der Waals surface area contributed by atoms with E-state index in [0.29, 0.717) is 0 Å². The lowest BCUT2D eigenvalue weighted by atomic mass is 9.89. The van der Waals surface area contributed by atoms with Gasteiger partial charge in [-0.1, -0.05) is 79.1 Å². The minimum absolute atomic E-state index is 1.06. The van der Waals surface area contributed by atoms with Crippen molar-refractivity contribution in [2.24, 2.45) is 0 Å². The Morgan fingerprint density at radius 1 is 0.600 bits per heavy atom. The lowest BCUT2D eigenvalue weighted by Crippen LogP contribution is -1.89. The van der Waals surface area contributed by atoms with Crippen molar-refractivity contribution in [1.82, 2.24) is 0 Å². The maximum absolute atomic E-state index is 2.28. The average Bonchev–Trinajstić information content (AvgIpc) is 2.56. The summed E-state index contributed by atoms with van der Waals surface area (Å²) in [6.45, 7) is 0. The molecule has 0 nitrogen and oxygen atoms in total. The van der Waals surface area contributed by atoms with E-state index in [-0.39, 0.29) is 0 Å². The molecule has 3 aromatic rings. The van der Waals surface area contributed by atoms with Crippen molar-refractivity contribution in [1.29, 1.82) is 0 Å². The van der Waals surface area contributed by atoms with Gasteiger partial charge in [-0.2, -0.15) is 0 Å². The van der Waals surface area contributed by atoms with Gasteiger partial charge in [0.15, 0.2) is 0 Å².